The number of nitrogens with one attached hydrogen (secondary N) is 1. The summed E-state index contributed by atoms with van der Waals surface area (Å²) < 4.78 is 0.615. The van der Waals surface area contributed by atoms with E-state index in [4.69, 9.17) is 0 Å². The van der Waals surface area contributed by atoms with E-state index >= 15 is 0 Å². The Morgan fingerprint density at radius 1 is 1.23 bits per heavy atom. The molecule has 0 aliphatic carbocycles. The van der Waals surface area contributed by atoms with Crippen molar-refractivity contribution in [1.82, 2.24) is 0 Å². The highest BCUT2D eigenvalue weighted by Gasteiger charge is 2.19. The van der Waals surface area contributed by atoms with Gasteiger partial charge in [0.1, 0.15) is 0 Å². The molecule has 1 N–H and O–H groups in total. The van der Waals surface area contributed by atoms with Crippen molar-refractivity contribution in [2.24, 2.45) is 15.5 Å². The lowest BCUT2D eigenvalue weighted by atomic mass is 10.1. The van der Waals surface area contributed by atoms with Crippen LogP contribution >= 0.6 is 12.8 Å². The van der Waals surface area contributed by atoms with E-state index in [1.807, 2.05) is 30.3 Å². The van der Waals surface area contributed by atoms with Gasteiger partial charge in [0.05, 0.1) is 24.5 Å². The molecule has 66 valence electrons. The number of hydrogen-bond acceptors (Lipinski definition) is 4. The van der Waals surface area contributed by atoms with Crippen LogP contribution in [0, 0.1) is 0 Å². The van der Waals surface area contributed by atoms with Gasteiger partial charge in [-0.15, -0.1) is 0 Å². The summed E-state index contributed by atoms with van der Waals surface area (Å²) in [4.78, 5) is 0. The van der Waals surface area contributed by atoms with Crippen LogP contribution in [-0.4, -0.2) is 5.84 Å². The highest BCUT2D eigenvalue weighted by Crippen LogP contribution is 2.00. The molecule has 1 unspecified atom stereocenters. The smallest absolute Gasteiger partial charge is 0.0846 e. The number of thiol groups is 1. The van der Waals surface area contributed by atoms with Gasteiger partial charge in [-0.05, 0) is 5.56 Å². The average Bonchev–Trinajstić information content (AvgIpc) is 2.54. The average molecular weight is 193 g/mol. The van der Waals surface area contributed by atoms with Crippen LogP contribution < -0.4 is 4.41 Å². The van der Waals surface area contributed by atoms with Crippen molar-refractivity contribution in [2.45, 2.75) is 6.42 Å². The van der Waals surface area contributed by atoms with Crippen molar-refractivity contribution in [3.8, 4) is 0 Å². The van der Waals surface area contributed by atoms with Gasteiger partial charge >= 0.3 is 0 Å². The Kier molecular flexibility index (Phi) is 2.37. The lowest BCUT2D eigenvalue weighted by molar-refractivity contribution is -0.653. The van der Waals surface area contributed by atoms with Gasteiger partial charge in [0.15, 0.2) is 0 Å². The van der Waals surface area contributed by atoms with Gasteiger partial charge in [0.2, 0.25) is 0 Å². The molecule has 0 spiro atoms. The Bertz CT molecular complexity index is 346. The van der Waals surface area contributed by atoms with Gasteiger partial charge in [-0.3, -0.25) is 0 Å². The summed E-state index contributed by atoms with van der Waals surface area (Å²) in [6.45, 7) is 0. The summed E-state index contributed by atoms with van der Waals surface area (Å²) in [5.41, 5.74) is 1.19. The standard InChI is InChI=1S/C8H8N4S/c13-12-8(9-10-11-12)6-7-4-2-1-3-5-7/h1-5,13H,6H2/p+1. The number of rotatable bonds is 2. The van der Waals surface area contributed by atoms with E-state index in [2.05, 4.69) is 28.4 Å². The van der Waals surface area contributed by atoms with Crippen molar-refractivity contribution in [1.29, 1.82) is 0 Å². The lowest BCUT2D eigenvalue weighted by Gasteiger charge is -1.99. The van der Waals surface area contributed by atoms with Crippen LogP contribution in [0.5, 0.6) is 0 Å². The fourth-order valence-corrected chi connectivity index (χ4v) is 1.29. The molecule has 1 atom stereocenters. The number of quaternary nitrogens is 1. The molecule has 1 aliphatic rings. The summed E-state index contributed by atoms with van der Waals surface area (Å²) in [5.74, 6) is 0.828. The second-order valence-electron chi connectivity index (χ2n) is 2.72. The molecule has 4 nitrogen and oxygen atoms in total. The normalized spacial score (nSPS) is 20.4. The minimum absolute atomic E-state index is 0.615. The summed E-state index contributed by atoms with van der Waals surface area (Å²) in [6.07, 6.45) is 0.743. The largest absolute Gasteiger partial charge is 0.266 e. The van der Waals surface area contributed by atoms with Crippen LogP contribution in [0.25, 0.3) is 0 Å². The van der Waals surface area contributed by atoms with Crippen molar-refractivity contribution in [2.75, 3.05) is 0 Å². The number of nitrogens with zero attached hydrogens (tertiary/aromatic N) is 3. The highest BCUT2D eigenvalue weighted by molar-refractivity contribution is 7.73. The topological polar surface area (TPSA) is 41.5 Å². The molecule has 1 aromatic carbocycles. The Morgan fingerprint density at radius 3 is 2.62 bits per heavy atom. The minimum atomic E-state index is 0.615. The van der Waals surface area contributed by atoms with Crippen LogP contribution in [0.3, 0.4) is 0 Å². The maximum absolute atomic E-state index is 4.14. The molecular formula is C8H9N4S+. The molecule has 2 rings (SSSR count). The van der Waals surface area contributed by atoms with E-state index in [-0.39, 0.29) is 0 Å². The molecule has 0 saturated carbocycles. The van der Waals surface area contributed by atoms with Gasteiger partial charge in [-0.2, -0.15) is 0 Å². The fourth-order valence-electron chi connectivity index (χ4n) is 1.12. The summed E-state index contributed by atoms with van der Waals surface area (Å²) in [6, 6.07) is 10.1. The second kappa shape index (κ2) is 3.68. The molecule has 5 heteroatoms. The Labute approximate surface area is 81.5 Å². The molecule has 0 saturated heterocycles. The van der Waals surface area contributed by atoms with Crippen molar-refractivity contribution >= 4 is 18.7 Å². The molecular weight excluding hydrogens is 184 g/mol. The van der Waals surface area contributed by atoms with E-state index in [0.29, 0.717) is 4.41 Å². The number of amidine groups is 1. The van der Waals surface area contributed by atoms with Crippen LogP contribution in [0.2, 0.25) is 0 Å². The Balaban J connectivity index is 2.08. The van der Waals surface area contributed by atoms with Gasteiger partial charge in [0.25, 0.3) is 5.84 Å². The first-order valence-corrected chi connectivity index (χ1v) is 4.39. The molecule has 0 radical (unpaired) electrons. The monoisotopic (exact) mass is 193 g/mol. The Morgan fingerprint density at radius 2 is 2.00 bits per heavy atom. The predicted octanol–water partition coefficient (Wildman–Crippen LogP) is 0.653. The zero-order chi connectivity index (χ0) is 9.10. The van der Waals surface area contributed by atoms with Crippen LogP contribution in [0.15, 0.2) is 45.9 Å². The van der Waals surface area contributed by atoms with E-state index in [1.165, 1.54) is 5.56 Å². The fraction of sp³-hybridized carbons (Fsp3) is 0.125. The predicted molar refractivity (Wildman–Crippen MR) is 52.4 cm³/mol. The van der Waals surface area contributed by atoms with E-state index in [0.717, 1.165) is 12.3 Å². The third-order valence-electron chi connectivity index (χ3n) is 1.78. The van der Waals surface area contributed by atoms with Gasteiger partial charge in [0, 0.05) is 5.22 Å². The molecule has 0 bridgehead atoms. The van der Waals surface area contributed by atoms with Gasteiger partial charge in [-0.1, -0.05) is 39.8 Å². The minimum Gasteiger partial charge on any atom is -0.0846 e. The first-order chi connectivity index (χ1) is 6.36. The van der Waals surface area contributed by atoms with Crippen LogP contribution in [-0.2, 0) is 6.42 Å². The maximum Gasteiger partial charge on any atom is 0.266 e. The highest BCUT2D eigenvalue weighted by atomic mass is 32.1. The molecule has 1 aliphatic heterocycles. The first kappa shape index (κ1) is 8.40. The molecule has 1 aromatic rings. The molecule has 0 fully saturated rings. The maximum atomic E-state index is 4.14. The molecule has 0 aromatic heterocycles. The summed E-state index contributed by atoms with van der Waals surface area (Å²) >= 11 is 4.14. The van der Waals surface area contributed by atoms with Crippen molar-refractivity contribution in [3.05, 3.63) is 35.9 Å². The van der Waals surface area contributed by atoms with Crippen LogP contribution in [0.4, 0.5) is 0 Å². The zero-order valence-electron chi connectivity index (χ0n) is 6.88. The Hall–Kier alpha value is -1.20. The van der Waals surface area contributed by atoms with E-state index in [1.54, 1.807) is 0 Å². The summed E-state index contributed by atoms with van der Waals surface area (Å²) in [5, 5.41) is 11.1. The molecule has 1 heterocycles. The molecule has 0 amide bonds. The third-order valence-corrected chi connectivity index (χ3v) is 2.12. The second-order valence-corrected chi connectivity index (χ2v) is 3.15. The lowest BCUT2D eigenvalue weighted by Crippen LogP contribution is -3.00. The SMILES string of the molecule is S[NH+]1N=NN=C1Cc1ccccc1. The van der Waals surface area contributed by atoms with Gasteiger partial charge in [-0.25, -0.2) is 0 Å². The first-order valence-electron chi connectivity index (χ1n) is 3.94. The van der Waals surface area contributed by atoms with E-state index in [9.17, 15) is 0 Å². The number of hydrogen-bond donors (Lipinski definition) is 2. The van der Waals surface area contributed by atoms with E-state index < -0.39 is 0 Å². The van der Waals surface area contributed by atoms with Gasteiger partial charge < -0.3 is 0 Å². The quantitative estimate of drug-likeness (QED) is 0.648. The van der Waals surface area contributed by atoms with Crippen molar-refractivity contribution in [3.63, 3.8) is 0 Å². The third kappa shape index (κ3) is 1.93. The molecule has 13 heavy (non-hydrogen) atoms. The number of benzene rings is 1. The van der Waals surface area contributed by atoms with Crippen molar-refractivity contribution < 1.29 is 4.41 Å². The zero-order valence-corrected chi connectivity index (χ0v) is 7.78. The van der Waals surface area contributed by atoms with Crippen LogP contribution in [0.1, 0.15) is 5.56 Å². The summed E-state index contributed by atoms with van der Waals surface area (Å²) in [7, 11) is 0.